The molecule has 0 saturated heterocycles. The zero-order valence-corrected chi connectivity index (χ0v) is 13.2. The first-order valence-corrected chi connectivity index (χ1v) is 7.51. The van der Waals surface area contributed by atoms with E-state index in [-0.39, 0.29) is 11.4 Å². The molecule has 0 unspecified atom stereocenters. The van der Waals surface area contributed by atoms with Crippen LogP contribution in [0, 0.1) is 0 Å². The monoisotopic (exact) mass is 346 g/mol. The van der Waals surface area contributed by atoms with Crippen molar-refractivity contribution in [2.75, 3.05) is 7.11 Å². The van der Waals surface area contributed by atoms with Gasteiger partial charge in [0.2, 0.25) is 5.88 Å². The van der Waals surface area contributed by atoms with E-state index >= 15 is 0 Å². The Morgan fingerprint density at radius 2 is 2.00 bits per heavy atom. The zero-order valence-electron chi connectivity index (χ0n) is 11.6. The fourth-order valence-corrected chi connectivity index (χ4v) is 2.66. The minimum absolute atomic E-state index is 0.152. The second-order valence-electron chi connectivity index (χ2n) is 5.10. The third kappa shape index (κ3) is 2.78. The maximum atomic E-state index is 12.5. The van der Waals surface area contributed by atoms with Gasteiger partial charge >= 0.3 is 0 Å². The molecule has 0 radical (unpaired) electrons. The highest BCUT2D eigenvalue weighted by Gasteiger charge is 2.46. The van der Waals surface area contributed by atoms with Crippen molar-refractivity contribution in [3.05, 3.63) is 58.2 Å². The van der Waals surface area contributed by atoms with Gasteiger partial charge in [-0.3, -0.25) is 4.79 Å². The van der Waals surface area contributed by atoms with E-state index in [1.807, 2.05) is 24.3 Å². The molecular formula is C16H15BrN2O2. The van der Waals surface area contributed by atoms with Gasteiger partial charge in [0.1, 0.15) is 5.56 Å². The minimum Gasteiger partial charge on any atom is -0.480 e. The predicted octanol–water partition coefficient (Wildman–Crippen LogP) is 3.27. The van der Waals surface area contributed by atoms with Crippen LogP contribution >= 0.6 is 15.9 Å². The van der Waals surface area contributed by atoms with Gasteiger partial charge < -0.3 is 10.1 Å². The molecule has 1 fully saturated rings. The molecule has 0 spiro atoms. The van der Waals surface area contributed by atoms with Crippen LogP contribution in [0.15, 0.2) is 47.1 Å². The number of halogens is 1. The largest absolute Gasteiger partial charge is 0.480 e. The number of pyridine rings is 1. The standard InChI is InChI=1S/C16H15BrN2O2/c1-21-15-13(3-2-10-18-15)14(20)19-16(8-9-16)11-4-6-12(17)7-5-11/h2-7,10H,8-9H2,1H3,(H,19,20). The van der Waals surface area contributed by atoms with Crippen LogP contribution in [0.1, 0.15) is 28.8 Å². The number of rotatable bonds is 4. The van der Waals surface area contributed by atoms with Crippen molar-refractivity contribution in [2.45, 2.75) is 18.4 Å². The zero-order chi connectivity index (χ0) is 14.9. The number of hydrogen-bond donors (Lipinski definition) is 1. The Hall–Kier alpha value is -1.88. The Labute approximate surface area is 131 Å². The number of aromatic nitrogens is 1. The van der Waals surface area contributed by atoms with Crippen LogP contribution in [-0.2, 0) is 5.54 Å². The summed E-state index contributed by atoms with van der Waals surface area (Å²) in [6.07, 6.45) is 3.50. The van der Waals surface area contributed by atoms with Crippen molar-refractivity contribution in [1.82, 2.24) is 10.3 Å². The van der Waals surface area contributed by atoms with Gasteiger partial charge in [0.15, 0.2) is 0 Å². The van der Waals surface area contributed by atoms with Gasteiger partial charge in [-0.15, -0.1) is 0 Å². The number of nitrogens with zero attached hydrogens (tertiary/aromatic N) is 1. The molecule has 0 bridgehead atoms. The summed E-state index contributed by atoms with van der Waals surface area (Å²) in [6.45, 7) is 0. The molecule has 4 nitrogen and oxygen atoms in total. The lowest BCUT2D eigenvalue weighted by atomic mass is 10.0. The van der Waals surface area contributed by atoms with E-state index in [0.717, 1.165) is 22.9 Å². The van der Waals surface area contributed by atoms with Crippen LogP contribution in [0.3, 0.4) is 0 Å². The molecule has 108 valence electrons. The van der Waals surface area contributed by atoms with Gasteiger partial charge in [-0.05, 0) is 42.7 Å². The third-order valence-electron chi connectivity index (χ3n) is 3.71. The van der Waals surface area contributed by atoms with E-state index < -0.39 is 0 Å². The van der Waals surface area contributed by atoms with E-state index in [9.17, 15) is 4.79 Å². The van der Waals surface area contributed by atoms with Crippen molar-refractivity contribution in [3.63, 3.8) is 0 Å². The van der Waals surface area contributed by atoms with E-state index in [1.165, 1.54) is 7.11 Å². The highest BCUT2D eigenvalue weighted by atomic mass is 79.9. The van der Waals surface area contributed by atoms with Gasteiger partial charge in [-0.2, -0.15) is 0 Å². The number of hydrogen-bond acceptors (Lipinski definition) is 3. The summed E-state index contributed by atoms with van der Waals surface area (Å²) >= 11 is 3.43. The van der Waals surface area contributed by atoms with Gasteiger partial charge in [0, 0.05) is 10.7 Å². The maximum Gasteiger partial charge on any atom is 0.257 e. The molecule has 1 aromatic heterocycles. The quantitative estimate of drug-likeness (QED) is 0.924. The predicted molar refractivity (Wildman–Crippen MR) is 83.3 cm³/mol. The SMILES string of the molecule is COc1ncccc1C(=O)NC1(c2ccc(Br)cc2)CC1. The molecule has 1 amide bonds. The summed E-state index contributed by atoms with van der Waals surface area (Å²) in [5, 5.41) is 3.12. The smallest absolute Gasteiger partial charge is 0.257 e. The first-order valence-electron chi connectivity index (χ1n) is 6.72. The number of carbonyl (C=O) groups is 1. The summed E-state index contributed by atoms with van der Waals surface area (Å²) in [6, 6.07) is 11.5. The number of benzene rings is 1. The Kier molecular flexibility index (Phi) is 3.68. The topological polar surface area (TPSA) is 51.2 Å². The van der Waals surface area contributed by atoms with E-state index in [4.69, 9.17) is 4.74 Å². The van der Waals surface area contributed by atoms with Crippen molar-refractivity contribution >= 4 is 21.8 Å². The minimum atomic E-state index is -0.251. The summed E-state index contributed by atoms with van der Waals surface area (Å²) in [7, 11) is 1.51. The molecule has 1 aromatic carbocycles. The van der Waals surface area contributed by atoms with Crippen molar-refractivity contribution in [3.8, 4) is 5.88 Å². The van der Waals surface area contributed by atoms with E-state index in [2.05, 4.69) is 26.2 Å². The number of amides is 1. The van der Waals surface area contributed by atoms with E-state index in [1.54, 1.807) is 18.3 Å². The summed E-state index contributed by atoms with van der Waals surface area (Å²) < 4.78 is 6.17. The van der Waals surface area contributed by atoms with Crippen LogP contribution < -0.4 is 10.1 Å². The van der Waals surface area contributed by atoms with E-state index in [0.29, 0.717) is 11.4 Å². The molecule has 1 saturated carbocycles. The van der Waals surface area contributed by atoms with Crippen LogP contribution in [-0.4, -0.2) is 18.0 Å². The van der Waals surface area contributed by atoms with Crippen molar-refractivity contribution in [2.24, 2.45) is 0 Å². The number of ether oxygens (including phenoxy) is 1. The van der Waals surface area contributed by atoms with Gasteiger partial charge in [-0.25, -0.2) is 4.98 Å². The maximum absolute atomic E-state index is 12.5. The Bertz CT molecular complexity index is 666. The summed E-state index contributed by atoms with van der Waals surface area (Å²) in [4.78, 5) is 16.5. The highest BCUT2D eigenvalue weighted by Crippen LogP contribution is 2.46. The molecule has 1 heterocycles. The Morgan fingerprint density at radius 1 is 1.29 bits per heavy atom. The summed E-state index contributed by atoms with van der Waals surface area (Å²) in [5.41, 5.74) is 1.34. The first kappa shape index (κ1) is 14.1. The number of methoxy groups -OCH3 is 1. The number of carbonyl (C=O) groups excluding carboxylic acids is 1. The molecule has 1 N–H and O–H groups in total. The normalized spacial score (nSPS) is 15.3. The average Bonchev–Trinajstić information content (AvgIpc) is 3.28. The molecule has 3 rings (SSSR count). The van der Waals surface area contributed by atoms with Gasteiger partial charge in [0.25, 0.3) is 5.91 Å². The molecule has 2 aromatic rings. The fraction of sp³-hybridized carbons (Fsp3) is 0.250. The Balaban J connectivity index is 1.83. The second kappa shape index (κ2) is 5.48. The lowest BCUT2D eigenvalue weighted by Crippen LogP contribution is -2.35. The number of nitrogens with one attached hydrogen (secondary N) is 1. The lowest BCUT2D eigenvalue weighted by molar-refractivity contribution is 0.0927. The van der Waals surface area contributed by atoms with Crippen LogP contribution in [0.5, 0.6) is 5.88 Å². The van der Waals surface area contributed by atoms with Gasteiger partial charge in [0.05, 0.1) is 12.6 Å². The van der Waals surface area contributed by atoms with Crippen LogP contribution in [0.2, 0.25) is 0 Å². The molecule has 1 aliphatic carbocycles. The average molecular weight is 347 g/mol. The second-order valence-corrected chi connectivity index (χ2v) is 6.02. The van der Waals surface area contributed by atoms with Crippen LogP contribution in [0.4, 0.5) is 0 Å². The lowest BCUT2D eigenvalue weighted by Gasteiger charge is -2.18. The van der Waals surface area contributed by atoms with Gasteiger partial charge in [-0.1, -0.05) is 28.1 Å². The Morgan fingerprint density at radius 3 is 2.62 bits per heavy atom. The third-order valence-corrected chi connectivity index (χ3v) is 4.24. The van der Waals surface area contributed by atoms with Crippen molar-refractivity contribution in [1.29, 1.82) is 0 Å². The molecule has 0 aliphatic heterocycles. The molecule has 21 heavy (non-hydrogen) atoms. The molecule has 5 heteroatoms. The molecule has 0 atom stereocenters. The van der Waals surface area contributed by atoms with Crippen LogP contribution in [0.25, 0.3) is 0 Å². The molecular weight excluding hydrogens is 332 g/mol. The summed E-state index contributed by atoms with van der Waals surface area (Å²) in [5.74, 6) is 0.196. The molecule has 1 aliphatic rings. The highest BCUT2D eigenvalue weighted by molar-refractivity contribution is 9.10. The van der Waals surface area contributed by atoms with Crippen molar-refractivity contribution < 1.29 is 9.53 Å². The first-order chi connectivity index (χ1) is 10.1. The fourth-order valence-electron chi connectivity index (χ4n) is 2.39.